The molecule has 0 radical (unpaired) electrons. The highest BCUT2D eigenvalue weighted by molar-refractivity contribution is 7.22. The van der Waals surface area contributed by atoms with Crippen LogP contribution in [-0.2, 0) is 9.53 Å². The van der Waals surface area contributed by atoms with Crippen LogP contribution in [-0.4, -0.2) is 69.3 Å². The molecular formula is C30H34ClN5O3S. The van der Waals surface area contributed by atoms with Gasteiger partial charge in [0.25, 0.3) is 0 Å². The maximum Gasteiger partial charge on any atom is 0.337 e. The number of carboxylic acids is 1. The van der Waals surface area contributed by atoms with Gasteiger partial charge in [-0.3, -0.25) is 0 Å². The SMILES string of the molecule is CCN1CCN(c2nccc(-c3nc4cc(C)c([C@H](OC(C)(C)C)C(=O)O)c(-c5ccc(Cl)cc5)c4s3)n2)CC1. The number of hydrogen-bond acceptors (Lipinski definition) is 8. The molecule has 0 unspecified atom stereocenters. The van der Waals surface area contributed by atoms with Crippen molar-refractivity contribution in [1.29, 1.82) is 0 Å². The van der Waals surface area contributed by atoms with Gasteiger partial charge in [0.15, 0.2) is 6.10 Å². The van der Waals surface area contributed by atoms with Crippen molar-refractivity contribution in [3.05, 3.63) is 58.7 Å². The minimum absolute atomic E-state index is 0.605. The van der Waals surface area contributed by atoms with Gasteiger partial charge < -0.3 is 19.6 Å². The van der Waals surface area contributed by atoms with Crippen molar-refractivity contribution in [2.75, 3.05) is 37.6 Å². The zero-order valence-electron chi connectivity index (χ0n) is 23.4. The van der Waals surface area contributed by atoms with Crippen LogP contribution in [0.25, 0.3) is 32.0 Å². The third kappa shape index (κ3) is 5.98. The van der Waals surface area contributed by atoms with E-state index in [1.54, 1.807) is 6.20 Å². The molecule has 8 nitrogen and oxygen atoms in total. The molecule has 4 aromatic rings. The number of anilines is 1. The fourth-order valence-corrected chi connectivity index (χ4v) is 6.25. The Morgan fingerprint density at radius 2 is 1.82 bits per heavy atom. The van der Waals surface area contributed by atoms with Crippen LogP contribution in [0.15, 0.2) is 42.6 Å². The second-order valence-corrected chi connectivity index (χ2v) is 12.4. The van der Waals surface area contributed by atoms with Crippen LogP contribution in [0.2, 0.25) is 5.02 Å². The molecule has 0 bridgehead atoms. The summed E-state index contributed by atoms with van der Waals surface area (Å²) in [7, 11) is 0. The molecule has 210 valence electrons. The minimum atomic E-state index is -1.16. The Morgan fingerprint density at radius 1 is 1.12 bits per heavy atom. The normalized spacial score (nSPS) is 15.5. The molecule has 5 rings (SSSR count). The second-order valence-electron chi connectivity index (χ2n) is 11.0. The van der Waals surface area contributed by atoms with Gasteiger partial charge in [0.1, 0.15) is 10.7 Å². The van der Waals surface area contributed by atoms with Crippen LogP contribution in [0.3, 0.4) is 0 Å². The fourth-order valence-electron chi connectivity index (χ4n) is 5.03. The van der Waals surface area contributed by atoms with Gasteiger partial charge in [-0.2, -0.15) is 0 Å². The molecule has 0 amide bonds. The number of rotatable bonds is 7. The molecule has 1 fully saturated rings. The van der Waals surface area contributed by atoms with Crippen LogP contribution in [0.1, 0.15) is 44.9 Å². The number of nitrogens with zero attached hydrogens (tertiary/aromatic N) is 5. The Hall–Kier alpha value is -3.11. The van der Waals surface area contributed by atoms with Crippen LogP contribution in [0.5, 0.6) is 0 Å². The topological polar surface area (TPSA) is 91.7 Å². The summed E-state index contributed by atoms with van der Waals surface area (Å²) in [5.41, 5.74) is 3.91. The van der Waals surface area contributed by atoms with E-state index in [0.29, 0.717) is 16.5 Å². The van der Waals surface area contributed by atoms with E-state index in [1.165, 1.54) is 11.3 Å². The highest BCUT2D eigenvalue weighted by Crippen LogP contribution is 2.44. The first-order valence-electron chi connectivity index (χ1n) is 13.5. The highest BCUT2D eigenvalue weighted by Gasteiger charge is 2.32. The molecular weight excluding hydrogens is 546 g/mol. The van der Waals surface area contributed by atoms with E-state index >= 15 is 0 Å². The maximum atomic E-state index is 12.6. The molecule has 0 spiro atoms. The summed E-state index contributed by atoms with van der Waals surface area (Å²) < 4.78 is 6.99. The third-order valence-electron chi connectivity index (χ3n) is 6.98. The average molecular weight is 580 g/mol. The lowest BCUT2D eigenvalue weighted by molar-refractivity contribution is -0.160. The summed E-state index contributed by atoms with van der Waals surface area (Å²) in [6, 6.07) is 11.3. The summed E-state index contributed by atoms with van der Waals surface area (Å²) >= 11 is 7.71. The number of aryl methyl sites for hydroxylation is 1. The van der Waals surface area contributed by atoms with Crippen molar-refractivity contribution >= 4 is 45.1 Å². The van der Waals surface area contributed by atoms with Crippen molar-refractivity contribution in [2.45, 2.75) is 46.3 Å². The molecule has 1 atom stereocenters. The summed E-state index contributed by atoms with van der Waals surface area (Å²) in [4.78, 5) is 31.6. The van der Waals surface area contributed by atoms with E-state index in [9.17, 15) is 9.90 Å². The zero-order chi connectivity index (χ0) is 28.6. The molecule has 1 saturated heterocycles. The van der Waals surface area contributed by atoms with E-state index in [0.717, 1.165) is 70.3 Å². The Balaban J connectivity index is 1.64. The largest absolute Gasteiger partial charge is 0.479 e. The van der Waals surface area contributed by atoms with E-state index < -0.39 is 17.7 Å². The minimum Gasteiger partial charge on any atom is -0.479 e. The molecule has 40 heavy (non-hydrogen) atoms. The van der Waals surface area contributed by atoms with E-state index in [1.807, 2.05) is 64.1 Å². The third-order valence-corrected chi connectivity index (χ3v) is 8.35. The van der Waals surface area contributed by atoms with Crippen molar-refractivity contribution in [3.8, 4) is 21.8 Å². The van der Waals surface area contributed by atoms with Gasteiger partial charge >= 0.3 is 5.97 Å². The van der Waals surface area contributed by atoms with Gasteiger partial charge in [0.2, 0.25) is 5.95 Å². The van der Waals surface area contributed by atoms with E-state index in [2.05, 4.69) is 21.7 Å². The number of aromatic nitrogens is 3. The monoisotopic (exact) mass is 579 g/mol. The first-order valence-corrected chi connectivity index (χ1v) is 14.6. The lowest BCUT2D eigenvalue weighted by Crippen LogP contribution is -2.46. The lowest BCUT2D eigenvalue weighted by Gasteiger charge is -2.34. The number of carbonyl (C=O) groups is 1. The number of ether oxygens (including phenoxy) is 1. The number of aliphatic carboxylic acids is 1. The second kappa shape index (κ2) is 11.4. The Morgan fingerprint density at radius 3 is 2.45 bits per heavy atom. The predicted molar refractivity (Wildman–Crippen MR) is 161 cm³/mol. The molecule has 3 heterocycles. The number of thiazole rings is 1. The maximum absolute atomic E-state index is 12.6. The number of benzene rings is 2. The van der Waals surface area contributed by atoms with Gasteiger partial charge in [-0.15, -0.1) is 11.3 Å². The Kier molecular flexibility index (Phi) is 8.10. The molecule has 1 aliphatic heterocycles. The molecule has 2 aromatic carbocycles. The fraction of sp³-hybridized carbons (Fsp3) is 0.400. The van der Waals surface area contributed by atoms with Crippen molar-refractivity contribution in [1.82, 2.24) is 19.9 Å². The number of likely N-dealkylation sites (N-methyl/N-ethyl adjacent to an activating group) is 1. The van der Waals surface area contributed by atoms with Crippen LogP contribution in [0, 0.1) is 6.92 Å². The Labute approximate surface area is 243 Å². The predicted octanol–water partition coefficient (Wildman–Crippen LogP) is 6.46. The van der Waals surface area contributed by atoms with Crippen molar-refractivity contribution in [2.24, 2.45) is 0 Å². The quantitative estimate of drug-likeness (QED) is 0.266. The van der Waals surface area contributed by atoms with Crippen LogP contribution >= 0.6 is 22.9 Å². The van der Waals surface area contributed by atoms with Gasteiger partial charge in [0, 0.05) is 48.5 Å². The van der Waals surface area contributed by atoms with E-state index in [-0.39, 0.29) is 0 Å². The number of hydrogen-bond donors (Lipinski definition) is 1. The molecule has 10 heteroatoms. The number of halogens is 1. The van der Waals surface area contributed by atoms with Crippen LogP contribution < -0.4 is 4.90 Å². The van der Waals surface area contributed by atoms with Gasteiger partial charge in [-0.25, -0.2) is 19.7 Å². The van der Waals surface area contributed by atoms with E-state index in [4.69, 9.17) is 26.3 Å². The highest BCUT2D eigenvalue weighted by atomic mass is 35.5. The molecule has 1 N–H and O–H groups in total. The summed E-state index contributed by atoms with van der Waals surface area (Å²) in [6.45, 7) is 14.4. The summed E-state index contributed by atoms with van der Waals surface area (Å²) in [5, 5.41) is 11.6. The van der Waals surface area contributed by atoms with Crippen molar-refractivity contribution in [3.63, 3.8) is 0 Å². The van der Waals surface area contributed by atoms with Crippen molar-refractivity contribution < 1.29 is 14.6 Å². The Bertz CT molecular complexity index is 1530. The van der Waals surface area contributed by atoms with Gasteiger partial charge in [-0.05, 0) is 69.6 Å². The molecule has 0 aliphatic carbocycles. The zero-order valence-corrected chi connectivity index (χ0v) is 25.0. The standard InChI is InChI=1S/C30H34ClN5O3S/c1-6-35-13-15-36(16-14-35)29-32-12-11-21(34-29)27-33-22-17-18(2)23(25(28(37)38)39-30(3,4)5)24(26(22)40-27)19-7-9-20(31)10-8-19/h7-12,17,25H,6,13-16H2,1-5H3,(H,37,38)/t25-/m0/s1. The smallest absolute Gasteiger partial charge is 0.337 e. The summed E-state index contributed by atoms with van der Waals surface area (Å²) in [5.74, 6) is -0.340. The van der Waals surface area contributed by atoms with Gasteiger partial charge in [-0.1, -0.05) is 30.7 Å². The summed E-state index contributed by atoms with van der Waals surface area (Å²) in [6.07, 6.45) is 0.623. The number of piperazine rings is 1. The molecule has 0 saturated carbocycles. The molecule has 1 aliphatic rings. The average Bonchev–Trinajstić information content (AvgIpc) is 3.35. The number of carboxylic acid groups (broad SMARTS) is 1. The van der Waals surface area contributed by atoms with Crippen LogP contribution in [0.4, 0.5) is 5.95 Å². The molecule has 2 aromatic heterocycles. The first-order chi connectivity index (χ1) is 19.0. The lowest BCUT2D eigenvalue weighted by atomic mass is 9.91. The van der Waals surface area contributed by atoms with Gasteiger partial charge in [0.05, 0.1) is 15.8 Å². The number of fused-ring (bicyclic) bond motifs is 1. The first kappa shape index (κ1) is 28.4.